The highest BCUT2D eigenvalue weighted by Gasteiger charge is 2.19. The molecule has 0 bridgehead atoms. The van der Waals surface area contributed by atoms with Crippen LogP contribution in [0.15, 0.2) is 158 Å². The summed E-state index contributed by atoms with van der Waals surface area (Å²) >= 11 is 0. The quantitative estimate of drug-likeness (QED) is 0.180. The van der Waals surface area contributed by atoms with E-state index in [9.17, 15) is 0 Å². The molecule has 1 aromatic heterocycles. The van der Waals surface area contributed by atoms with Crippen LogP contribution in [0.5, 0.6) is 0 Å². The summed E-state index contributed by atoms with van der Waals surface area (Å²) in [7, 11) is 0. The molecule has 0 radical (unpaired) electrons. The van der Waals surface area contributed by atoms with Gasteiger partial charge in [0.25, 0.3) is 0 Å². The Labute approximate surface area is 279 Å². The van der Waals surface area contributed by atoms with Gasteiger partial charge in [-0.2, -0.15) is 0 Å². The lowest BCUT2D eigenvalue weighted by atomic mass is 9.90. The van der Waals surface area contributed by atoms with Crippen molar-refractivity contribution in [3.63, 3.8) is 0 Å². The van der Waals surface area contributed by atoms with Crippen LogP contribution in [0.3, 0.4) is 0 Å². The van der Waals surface area contributed by atoms with Gasteiger partial charge < -0.3 is 9.30 Å². The Morgan fingerprint density at radius 3 is 1.73 bits per heavy atom. The third kappa shape index (κ3) is 4.79. The molecular weight excluding hydrogens is 585 g/mol. The van der Waals surface area contributed by atoms with Crippen molar-refractivity contribution >= 4 is 27.5 Å². The van der Waals surface area contributed by atoms with Crippen LogP contribution in [0.25, 0.3) is 76.8 Å². The number of benzene rings is 7. The van der Waals surface area contributed by atoms with Crippen LogP contribution < -0.4 is 0 Å². The molecule has 0 atom stereocenters. The summed E-state index contributed by atoms with van der Waals surface area (Å²) in [4.78, 5) is 3.71. The first-order chi connectivity index (χ1) is 23.7. The smallest absolute Gasteiger partial charge is 0.188 e. The number of hydrogen-bond donors (Lipinski definition) is 0. The van der Waals surface area contributed by atoms with Crippen molar-refractivity contribution in [3.8, 4) is 50.2 Å². The van der Waals surface area contributed by atoms with E-state index in [-0.39, 0.29) is 0 Å². The highest BCUT2D eigenvalue weighted by atomic mass is 16.5. The zero-order valence-electron chi connectivity index (χ0n) is 26.2. The van der Waals surface area contributed by atoms with Crippen molar-refractivity contribution in [1.29, 1.82) is 0 Å². The lowest BCUT2D eigenvalue weighted by Crippen LogP contribution is -1.97. The second-order valence-corrected chi connectivity index (χ2v) is 12.4. The number of hydrogen-bond acceptors (Lipinski definition) is 1. The van der Waals surface area contributed by atoms with E-state index < -0.39 is 0 Å². The minimum absolute atomic E-state index is 0.558. The van der Waals surface area contributed by atoms with Gasteiger partial charge in [0.05, 0.1) is 30.8 Å². The first-order valence-electron chi connectivity index (χ1n) is 16.2. The van der Waals surface area contributed by atoms with Gasteiger partial charge in [-0.25, -0.2) is 4.85 Å². The Morgan fingerprint density at radius 2 is 1.04 bits per heavy atom. The van der Waals surface area contributed by atoms with E-state index in [4.69, 9.17) is 11.3 Å². The van der Waals surface area contributed by atoms with Crippen molar-refractivity contribution in [1.82, 2.24) is 4.57 Å². The summed E-state index contributed by atoms with van der Waals surface area (Å²) < 4.78 is 8.53. The van der Waals surface area contributed by atoms with Crippen LogP contribution in [0.2, 0.25) is 0 Å². The number of fused-ring (bicyclic) bond motifs is 6. The SMILES string of the molecule is [C-]#[N+]c1ccc2c(c1)c1ccccc1n2-c1ccc2c(c1)-c1cc(-c3cc(-c4ccccc4)cc(-c4ccccc4)c3)ccc1COC2. The highest BCUT2D eigenvalue weighted by molar-refractivity contribution is 6.10. The van der Waals surface area contributed by atoms with Crippen LogP contribution in [0.1, 0.15) is 11.1 Å². The lowest BCUT2D eigenvalue weighted by molar-refractivity contribution is 0.110. The minimum atomic E-state index is 0.558. The molecule has 0 unspecified atom stereocenters. The predicted octanol–water partition coefficient (Wildman–Crippen LogP) is 12.0. The largest absolute Gasteiger partial charge is 0.372 e. The van der Waals surface area contributed by atoms with E-state index in [0.29, 0.717) is 18.9 Å². The fraction of sp³-hybridized carbons (Fsp3) is 0.0444. The van der Waals surface area contributed by atoms with Crippen LogP contribution >= 0.6 is 0 Å². The lowest BCUT2D eigenvalue weighted by Gasteiger charge is -2.16. The average Bonchev–Trinajstić information content (AvgIpc) is 3.37. The fourth-order valence-electron chi connectivity index (χ4n) is 7.18. The Balaban J connectivity index is 1.23. The van der Waals surface area contributed by atoms with E-state index >= 15 is 0 Å². The van der Waals surface area contributed by atoms with Crippen LogP contribution in [0.4, 0.5) is 5.69 Å². The number of rotatable bonds is 4. The summed E-state index contributed by atoms with van der Waals surface area (Å²) in [6.45, 7) is 8.71. The van der Waals surface area contributed by atoms with Gasteiger partial charge >= 0.3 is 0 Å². The molecule has 1 aliphatic heterocycles. The van der Waals surface area contributed by atoms with Crippen molar-refractivity contribution in [2.24, 2.45) is 0 Å². The molecule has 1 aliphatic rings. The van der Waals surface area contributed by atoms with Crippen LogP contribution in [-0.4, -0.2) is 4.57 Å². The maximum atomic E-state index is 7.59. The van der Waals surface area contributed by atoms with Gasteiger partial charge in [-0.15, -0.1) is 0 Å². The Hall–Kier alpha value is -6.21. The maximum absolute atomic E-state index is 7.59. The van der Waals surface area contributed by atoms with Gasteiger partial charge in [0.2, 0.25) is 0 Å². The third-order valence-corrected chi connectivity index (χ3v) is 9.53. The van der Waals surface area contributed by atoms with E-state index in [1.807, 2.05) is 12.1 Å². The van der Waals surface area contributed by atoms with E-state index in [1.165, 1.54) is 55.6 Å². The van der Waals surface area contributed by atoms with Gasteiger partial charge in [0.15, 0.2) is 5.69 Å². The zero-order chi connectivity index (χ0) is 32.0. The molecule has 48 heavy (non-hydrogen) atoms. The molecule has 226 valence electrons. The van der Waals surface area contributed by atoms with E-state index in [2.05, 4.69) is 155 Å². The predicted molar refractivity (Wildman–Crippen MR) is 197 cm³/mol. The molecule has 7 aromatic carbocycles. The monoisotopic (exact) mass is 614 g/mol. The Morgan fingerprint density at radius 1 is 0.458 bits per heavy atom. The summed E-state index contributed by atoms with van der Waals surface area (Å²) in [6.07, 6.45) is 0. The molecule has 0 saturated carbocycles. The van der Waals surface area contributed by atoms with Crippen LogP contribution in [-0.2, 0) is 18.0 Å². The molecule has 0 spiro atoms. The molecule has 0 N–H and O–H groups in total. The fourth-order valence-corrected chi connectivity index (χ4v) is 7.18. The molecule has 3 nitrogen and oxygen atoms in total. The first-order valence-corrected chi connectivity index (χ1v) is 16.2. The number of ether oxygens (including phenoxy) is 1. The average molecular weight is 615 g/mol. The first kappa shape index (κ1) is 28.0. The molecule has 0 fully saturated rings. The Bertz CT molecular complexity index is 2480. The van der Waals surface area contributed by atoms with Crippen molar-refractivity contribution in [3.05, 3.63) is 180 Å². The third-order valence-electron chi connectivity index (χ3n) is 9.53. The topological polar surface area (TPSA) is 18.5 Å². The molecule has 2 heterocycles. The molecular formula is C45H30N2O. The Kier molecular flexibility index (Phi) is 6.75. The molecule has 0 aliphatic carbocycles. The van der Waals surface area contributed by atoms with Crippen LogP contribution in [0, 0.1) is 6.57 Å². The number of aromatic nitrogens is 1. The summed E-state index contributed by atoms with van der Waals surface area (Å²) in [6, 6.07) is 56.1. The zero-order valence-corrected chi connectivity index (χ0v) is 26.2. The maximum Gasteiger partial charge on any atom is 0.188 e. The molecule has 0 saturated heterocycles. The summed E-state index contributed by atoms with van der Waals surface area (Å²) in [5.74, 6) is 0. The second-order valence-electron chi connectivity index (χ2n) is 12.4. The normalized spacial score (nSPS) is 12.3. The minimum Gasteiger partial charge on any atom is -0.372 e. The second kappa shape index (κ2) is 11.5. The van der Waals surface area contributed by atoms with Gasteiger partial charge in [-0.1, -0.05) is 103 Å². The number of para-hydroxylation sites is 1. The molecule has 3 heteroatoms. The van der Waals surface area contributed by atoms with E-state index in [1.54, 1.807) is 0 Å². The van der Waals surface area contributed by atoms with Crippen molar-refractivity contribution < 1.29 is 4.74 Å². The summed E-state index contributed by atoms with van der Waals surface area (Å²) in [5, 5.41) is 2.24. The van der Waals surface area contributed by atoms with Crippen molar-refractivity contribution in [2.75, 3.05) is 0 Å². The molecule has 8 aromatic rings. The van der Waals surface area contributed by atoms with Gasteiger partial charge in [0, 0.05) is 11.1 Å². The van der Waals surface area contributed by atoms with Gasteiger partial charge in [-0.3, -0.25) is 0 Å². The standard InChI is InChI=1S/C45H30N2O/c1-46-38-19-21-45-43(26-38)40-14-8-9-15-44(40)47(45)39-20-18-34-29-48-28-33-17-16-32(25-41(33)42(34)27-39)37-23-35(30-10-4-2-5-11-30)22-36(24-37)31-12-6-3-7-13-31/h2-27H,28-29H2. The van der Waals surface area contributed by atoms with Crippen molar-refractivity contribution in [2.45, 2.75) is 13.2 Å². The summed E-state index contributed by atoms with van der Waals surface area (Å²) in [5.41, 5.74) is 15.8. The molecule has 0 amide bonds. The molecule has 9 rings (SSSR count). The van der Waals surface area contributed by atoms with E-state index in [0.717, 1.165) is 27.5 Å². The number of nitrogens with zero attached hydrogens (tertiary/aromatic N) is 2. The van der Waals surface area contributed by atoms with Gasteiger partial charge in [0.1, 0.15) is 0 Å². The van der Waals surface area contributed by atoms with Gasteiger partial charge in [-0.05, 0) is 116 Å². The highest BCUT2D eigenvalue weighted by Crippen LogP contribution is 2.40.